The lowest BCUT2D eigenvalue weighted by Gasteiger charge is -2.15. The Hall–Kier alpha value is -2.07. The molecule has 5 heteroatoms. The molecule has 0 atom stereocenters. The summed E-state index contributed by atoms with van der Waals surface area (Å²) < 4.78 is 15.1. The minimum Gasteiger partial charge on any atom is -0.348 e. The van der Waals surface area contributed by atoms with Crippen molar-refractivity contribution in [2.24, 2.45) is 0 Å². The first-order valence-corrected chi connectivity index (χ1v) is 6.52. The van der Waals surface area contributed by atoms with Crippen molar-refractivity contribution in [3.63, 3.8) is 0 Å². The van der Waals surface area contributed by atoms with Crippen molar-refractivity contribution >= 4 is 29.4 Å². The van der Waals surface area contributed by atoms with Gasteiger partial charge in [0.2, 0.25) is 5.95 Å². The van der Waals surface area contributed by atoms with Crippen LogP contribution in [0.5, 0.6) is 0 Å². The first kappa shape index (κ1) is 15.3. The zero-order chi connectivity index (χ0) is 14.1. The minimum atomic E-state index is -0.211. The summed E-state index contributed by atoms with van der Waals surface area (Å²) in [5, 5.41) is 0. The molecule has 0 unspecified atom stereocenters. The van der Waals surface area contributed by atoms with Gasteiger partial charge in [0.15, 0.2) is 0 Å². The maximum absolute atomic E-state index is 13.0. The molecule has 0 saturated heterocycles. The van der Waals surface area contributed by atoms with Crippen molar-refractivity contribution in [2.75, 3.05) is 19.0 Å². The lowest BCUT2D eigenvalue weighted by Crippen LogP contribution is -2.16. The molecule has 0 radical (unpaired) electrons. The molecule has 3 aromatic rings. The highest BCUT2D eigenvalue weighted by Gasteiger charge is 2.12. The fourth-order valence-corrected chi connectivity index (χ4v) is 2.33. The second-order valence-corrected chi connectivity index (χ2v) is 5.01. The number of anilines is 1. The van der Waals surface area contributed by atoms with Gasteiger partial charge in [0.25, 0.3) is 0 Å². The van der Waals surface area contributed by atoms with E-state index in [1.807, 2.05) is 49.3 Å². The zero-order valence-corrected chi connectivity index (χ0v) is 12.8. The van der Waals surface area contributed by atoms with Crippen LogP contribution >= 0.6 is 12.4 Å². The van der Waals surface area contributed by atoms with Gasteiger partial charge in [-0.15, -0.1) is 12.4 Å². The summed E-state index contributed by atoms with van der Waals surface area (Å²) in [6.45, 7) is 0.675. The molecule has 0 aliphatic rings. The van der Waals surface area contributed by atoms with Gasteiger partial charge in [0.1, 0.15) is 5.82 Å². The fraction of sp³-hybridized carbons (Fsp3) is 0.188. The Balaban J connectivity index is 0.00000161. The topological polar surface area (TPSA) is 21.1 Å². The summed E-state index contributed by atoms with van der Waals surface area (Å²) in [5.74, 6) is 0.688. The van der Waals surface area contributed by atoms with Gasteiger partial charge >= 0.3 is 0 Å². The Morgan fingerprint density at radius 1 is 1.05 bits per heavy atom. The fourth-order valence-electron chi connectivity index (χ4n) is 2.33. The summed E-state index contributed by atoms with van der Waals surface area (Å²) in [4.78, 5) is 6.63. The lowest BCUT2D eigenvalue weighted by atomic mass is 10.2. The Labute approximate surface area is 129 Å². The van der Waals surface area contributed by atoms with Gasteiger partial charge in [-0.3, -0.25) is 0 Å². The molecule has 2 aromatic carbocycles. The van der Waals surface area contributed by atoms with E-state index in [1.165, 1.54) is 12.1 Å². The first-order valence-electron chi connectivity index (χ1n) is 6.52. The van der Waals surface area contributed by atoms with Crippen molar-refractivity contribution in [1.29, 1.82) is 0 Å². The second-order valence-electron chi connectivity index (χ2n) is 5.01. The average Bonchev–Trinajstić information content (AvgIpc) is 2.81. The van der Waals surface area contributed by atoms with Crippen LogP contribution in [0.1, 0.15) is 5.56 Å². The Bertz CT molecular complexity index is 735. The van der Waals surface area contributed by atoms with E-state index in [0.717, 1.165) is 22.5 Å². The largest absolute Gasteiger partial charge is 0.348 e. The number of benzene rings is 2. The van der Waals surface area contributed by atoms with Gasteiger partial charge in [0.05, 0.1) is 17.6 Å². The Kier molecular flexibility index (Phi) is 4.48. The molecule has 0 aliphatic heterocycles. The van der Waals surface area contributed by atoms with Crippen LogP contribution in [0.3, 0.4) is 0 Å². The minimum absolute atomic E-state index is 0. The summed E-state index contributed by atoms with van der Waals surface area (Å²) in [6.07, 6.45) is 0. The molecule has 3 nitrogen and oxygen atoms in total. The van der Waals surface area contributed by atoms with Crippen molar-refractivity contribution in [1.82, 2.24) is 9.55 Å². The van der Waals surface area contributed by atoms with E-state index < -0.39 is 0 Å². The van der Waals surface area contributed by atoms with E-state index in [0.29, 0.717) is 6.54 Å². The summed E-state index contributed by atoms with van der Waals surface area (Å²) in [6, 6.07) is 14.6. The third-order valence-electron chi connectivity index (χ3n) is 3.29. The normalized spacial score (nSPS) is 10.4. The van der Waals surface area contributed by atoms with Crippen LogP contribution in [0.2, 0.25) is 0 Å². The van der Waals surface area contributed by atoms with Gasteiger partial charge in [-0.2, -0.15) is 0 Å². The third kappa shape index (κ3) is 3.00. The first-order chi connectivity index (χ1) is 9.65. The molecular weight excluding hydrogens is 289 g/mol. The number of rotatable bonds is 3. The van der Waals surface area contributed by atoms with E-state index in [4.69, 9.17) is 0 Å². The molecule has 1 heterocycles. The molecule has 3 rings (SSSR count). The molecule has 110 valence electrons. The van der Waals surface area contributed by atoms with E-state index in [9.17, 15) is 4.39 Å². The Morgan fingerprint density at radius 3 is 2.38 bits per heavy atom. The third-order valence-corrected chi connectivity index (χ3v) is 3.29. The van der Waals surface area contributed by atoms with Crippen LogP contribution in [-0.4, -0.2) is 23.6 Å². The average molecular weight is 306 g/mol. The highest BCUT2D eigenvalue weighted by molar-refractivity contribution is 5.85. The highest BCUT2D eigenvalue weighted by Crippen LogP contribution is 2.22. The van der Waals surface area contributed by atoms with Crippen molar-refractivity contribution in [3.05, 3.63) is 59.9 Å². The molecule has 1 aromatic heterocycles. The molecule has 0 amide bonds. The van der Waals surface area contributed by atoms with Gasteiger partial charge in [-0.25, -0.2) is 9.37 Å². The van der Waals surface area contributed by atoms with Crippen LogP contribution in [-0.2, 0) is 6.54 Å². The number of hydrogen-bond donors (Lipinski definition) is 0. The summed E-state index contributed by atoms with van der Waals surface area (Å²) in [7, 11) is 3.95. The van der Waals surface area contributed by atoms with Crippen LogP contribution in [0.25, 0.3) is 11.0 Å². The number of fused-ring (bicyclic) bond motifs is 1. The van der Waals surface area contributed by atoms with Crippen molar-refractivity contribution in [3.8, 4) is 0 Å². The molecule has 0 saturated carbocycles. The van der Waals surface area contributed by atoms with Gasteiger partial charge in [-0.05, 0) is 29.8 Å². The number of halogens is 2. The van der Waals surface area contributed by atoms with Gasteiger partial charge in [0, 0.05) is 14.1 Å². The molecule has 0 aliphatic carbocycles. The highest BCUT2D eigenvalue weighted by atomic mass is 35.5. The number of hydrogen-bond acceptors (Lipinski definition) is 2. The predicted octanol–water partition coefficient (Wildman–Crippen LogP) is 3.71. The molecule has 0 fully saturated rings. The SMILES string of the molecule is CN(C)c1nc2ccccc2n1Cc1ccc(F)cc1.Cl. The lowest BCUT2D eigenvalue weighted by molar-refractivity contribution is 0.626. The maximum Gasteiger partial charge on any atom is 0.206 e. The Morgan fingerprint density at radius 2 is 1.71 bits per heavy atom. The zero-order valence-electron chi connectivity index (χ0n) is 12.0. The molecule has 21 heavy (non-hydrogen) atoms. The number of imidazole rings is 1. The van der Waals surface area contributed by atoms with Crippen LogP contribution in [0.4, 0.5) is 10.3 Å². The number of aromatic nitrogens is 2. The smallest absolute Gasteiger partial charge is 0.206 e. The number of para-hydroxylation sites is 2. The van der Waals surface area contributed by atoms with E-state index in [-0.39, 0.29) is 18.2 Å². The molecule has 0 spiro atoms. The van der Waals surface area contributed by atoms with Gasteiger partial charge < -0.3 is 9.47 Å². The quantitative estimate of drug-likeness (QED) is 0.735. The maximum atomic E-state index is 13.0. The van der Waals surface area contributed by atoms with E-state index >= 15 is 0 Å². The second kappa shape index (κ2) is 6.14. The van der Waals surface area contributed by atoms with Crippen LogP contribution < -0.4 is 4.90 Å². The van der Waals surface area contributed by atoms with Crippen LogP contribution in [0, 0.1) is 5.82 Å². The summed E-state index contributed by atoms with van der Waals surface area (Å²) in [5.41, 5.74) is 3.11. The van der Waals surface area contributed by atoms with Crippen LogP contribution in [0.15, 0.2) is 48.5 Å². The van der Waals surface area contributed by atoms with Gasteiger partial charge in [-0.1, -0.05) is 24.3 Å². The van der Waals surface area contributed by atoms with Crippen molar-refractivity contribution < 1.29 is 4.39 Å². The van der Waals surface area contributed by atoms with E-state index in [2.05, 4.69) is 15.6 Å². The predicted molar refractivity (Wildman–Crippen MR) is 86.8 cm³/mol. The number of nitrogens with zero attached hydrogens (tertiary/aromatic N) is 3. The molecule has 0 bridgehead atoms. The molecule has 0 N–H and O–H groups in total. The standard InChI is InChI=1S/C16H16FN3.ClH/c1-19(2)16-18-14-5-3-4-6-15(14)20(16)11-12-7-9-13(17)10-8-12;/h3-10H,11H2,1-2H3;1H. The van der Waals surface area contributed by atoms with Crippen molar-refractivity contribution in [2.45, 2.75) is 6.54 Å². The van der Waals surface area contributed by atoms with E-state index in [1.54, 1.807) is 0 Å². The summed E-state index contributed by atoms with van der Waals surface area (Å²) >= 11 is 0. The monoisotopic (exact) mass is 305 g/mol. The molecular formula is C16H17ClFN3.